The number of nitrogens with one attached hydrogen (secondary N) is 2. The molecule has 4 rings (SSSR count). The van der Waals surface area contributed by atoms with Crippen molar-refractivity contribution < 1.29 is 12.8 Å². The molecule has 0 saturated carbocycles. The molecule has 1 saturated heterocycles. The number of fused-ring (bicyclic) bond motifs is 1. The van der Waals surface area contributed by atoms with E-state index in [0.717, 1.165) is 56.5 Å². The Balaban J connectivity index is 1.20. The van der Waals surface area contributed by atoms with Gasteiger partial charge in [-0.1, -0.05) is 12.1 Å². The summed E-state index contributed by atoms with van der Waals surface area (Å²) in [5, 5.41) is 4.82. The van der Waals surface area contributed by atoms with Gasteiger partial charge in [0.25, 0.3) is 0 Å². The smallest absolute Gasteiger partial charge is 0.241 e. The lowest BCUT2D eigenvalue weighted by molar-refractivity contribution is 0.185. The van der Waals surface area contributed by atoms with Crippen molar-refractivity contribution in [3.63, 3.8) is 0 Å². The molecule has 2 N–H and O–H groups in total. The molecule has 2 aromatic carbocycles. The van der Waals surface area contributed by atoms with Crippen molar-refractivity contribution in [2.45, 2.75) is 24.2 Å². The molecule has 0 amide bonds. The van der Waals surface area contributed by atoms with Gasteiger partial charge in [0, 0.05) is 41.9 Å². The highest BCUT2D eigenvalue weighted by Crippen LogP contribution is 2.23. The van der Waals surface area contributed by atoms with E-state index < -0.39 is 10.0 Å². The Hall–Kier alpha value is -2.55. The Bertz CT molecular complexity index is 1120. The molecule has 1 aromatic heterocycles. The predicted octanol–water partition coefficient (Wildman–Crippen LogP) is 3.87. The number of likely N-dealkylation sites (tertiary alicyclic amines) is 1. The summed E-state index contributed by atoms with van der Waals surface area (Å²) >= 11 is 0. The van der Waals surface area contributed by atoms with Crippen LogP contribution in [-0.2, 0) is 10.0 Å². The van der Waals surface area contributed by atoms with Gasteiger partial charge in [-0.3, -0.25) is 4.98 Å². The summed E-state index contributed by atoms with van der Waals surface area (Å²) in [5.74, 6) is 0.116. The predicted molar refractivity (Wildman–Crippen MR) is 126 cm³/mol. The molecule has 3 aromatic rings. The Labute approximate surface area is 188 Å². The maximum atomic E-state index is 12.9. The van der Waals surface area contributed by atoms with Crippen molar-refractivity contribution >= 4 is 26.5 Å². The molecule has 32 heavy (non-hydrogen) atoms. The zero-order chi connectivity index (χ0) is 22.4. The quantitative estimate of drug-likeness (QED) is 0.478. The maximum absolute atomic E-state index is 12.9. The van der Waals surface area contributed by atoms with Crippen LogP contribution in [0.3, 0.4) is 0 Å². The van der Waals surface area contributed by atoms with Gasteiger partial charge in [0.15, 0.2) is 0 Å². The monoisotopic (exact) mass is 456 g/mol. The molecular formula is C24H29FN4O2S. The van der Waals surface area contributed by atoms with Crippen LogP contribution in [0.2, 0.25) is 0 Å². The van der Waals surface area contributed by atoms with Gasteiger partial charge in [0.05, 0.1) is 4.90 Å². The standard InChI is InChI=1S/C24H29FN4O2S/c25-21-5-7-22(8-6-21)27-12-2-14-29-15-10-19(11-16-29)17-28-32(30,31)24-4-1-3-20-18-26-13-9-23(20)24/h1,3-9,13,18-19,27-28H,2,10-12,14-17H2. The number of hydrogen-bond donors (Lipinski definition) is 2. The van der Waals surface area contributed by atoms with Crippen molar-refractivity contribution in [3.8, 4) is 0 Å². The summed E-state index contributed by atoms with van der Waals surface area (Å²) in [6.45, 7) is 4.25. The number of aromatic nitrogens is 1. The van der Waals surface area contributed by atoms with E-state index in [9.17, 15) is 12.8 Å². The van der Waals surface area contributed by atoms with Crippen molar-refractivity contribution in [1.82, 2.24) is 14.6 Å². The van der Waals surface area contributed by atoms with Gasteiger partial charge in [-0.05, 0) is 81.2 Å². The van der Waals surface area contributed by atoms with Crippen LogP contribution < -0.4 is 10.0 Å². The number of piperidine rings is 1. The molecule has 0 atom stereocenters. The molecule has 0 spiro atoms. The van der Waals surface area contributed by atoms with E-state index in [2.05, 4.69) is 19.9 Å². The van der Waals surface area contributed by atoms with Gasteiger partial charge in [0.2, 0.25) is 10.0 Å². The average Bonchev–Trinajstić information content (AvgIpc) is 2.82. The lowest BCUT2D eigenvalue weighted by Gasteiger charge is -2.32. The SMILES string of the molecule is O=S(=O)(NCC1CCN(CCCNc2ccc(F)cc2)CC1)c1cccc2cnccc12. The van der Waals surface area contributed by atoms with Crippen LogP contribution in [0.25, 0.3) is 10.8 Å². The fourth-order valence-electron chi connectivity index (χ4n) is 4.15. The minimum Gasteiger partial charge on any atom is -0.385 e. The van der Waals surface area contributed by atoms with E-state index in [0.29, 0.717) is 22.7 Å². The molecule has 8 heteroatoms. The van der Waals surface area contributed by atoms with Gasteiger partial charge in [0.1, 0.15) is 5.82 Å². The molecule has 0 bridgehead atoms. The summed E-state index contributed by atoms with van der Waals surface area (Å²) in [5.41, 5.74) is 0.930. The summed E-state index contributed by atoms with van der Waals surface area (Å²) in [7, 11) is -3.57. The second kappa shape index (κ2) is 10.4. The van der Waals surface area contributed by atoms with Crippen LogP contribution >= 0.6 is 0 Å². The second-order valence-electron chi connectivity index (χ2n) is 8.28. The first-order valence-electron chi connectivity index (χ1n) is 11.1. The first kappa shape index (κ1) is 22.6. The lowest BCUT2D eigenvalue weighted by Crippen LogP contribution is -2.39. The first-order chi connectivity index (χ1) is 15.5. The minimum absolute atomic E-state index is 0.227. The molecule has 0 radical (unpaired) electrons. The Morgan fingerprint density at radius 3 is 2.62 bits per heavy atom. The first-order valence-corrected chi connectivity index (χ1v) is 12.5. The summed E-state index contributed by atoms with van der Waals surface area (Å²) < 4.78 is 41.6. The topological polar surface area (TPSA) is 74.3 Å². The number of benzene rings is 2. The molecule has 1 aliphatic heterocycles. The van der Waals surface area contributed by atoms with Crippen molar-refractivity contribution in [2.24, 2.45) is 5.92 Å². The van der Waals surface area contributed by atoms with E-state index in [-0.39, 0.29) is 5.82 Å². The second-order valence-corrected chi connectivity index (χ2v) is 10.0. The van der Waals surface area contributed by atoms with Crippen LogP contribution in [0.15, 0.2) is 65.8 Å². The van der Waals surface area contributed by atoms with E-state index in [4.69, 9.17) is 0 Å². The fourth-order valence-corrected chi connectivity index (χ4v) is 5.49. The summed E-state index contributed by atoms with van der Waals surface area (Å²) in [4.78, 5) is 6.80. The van der Waals surface area contributed by atoms with Gasteiger partial charge in [-0.15, -0.1) is 0 Å². The molecule has 1 fully saturated rings. The third kappa shape index (κ3) is 5.82. The number of halogens is 1. The zero-order valence-electron chi connectivity index (χ0n) is 18.0. The molecule has 170 valence electrons. The molecule has 1 aliphatic rings. The van der Waals surface area contributed by atoms with Gasteiger partial charge < -0.3 is 10.2 Å². The molecule has 0 aliphatic carbocycles. The highest BCUT2D eigenvalue weighted by molar-refractivity contribution is 7.89. The number of sulfonamides is 1. The maximum Gasteiger partial charge on any atom is 0.241 e. The van der Waals surface area contributed by atoms with Gasteiger partial charge >= 0.3 is 0 Å². The molecule has 0 unspecified atom stereocenters. The van der Waals surface area contributed by atoms with Crippen LogP contribution in [0, 0.1) is 11.7 Å². The third-order valence-corrected chi connectivity index (χ3v) is 7.51. The zero-order valence-corrected chi connectivity index (χ0v) is 18.8. The van der Waals surface area contributed by atoms with E-state index in [1.165, 1.54) is 12.1 Å². The Kier molecular flexibility index (Phi) is 7.34. The van der Waals surface area contributed by atoms with Crippen molar-refractivity contribution in [1.29, 1.82) is 0 Å². The number of hydrogen-bond acceptors (Lipinski definition) is 5. The number of anilines is 1. The van der Waals surface area contributed by atoms with E-state index in [1.807, 2.05) is 6.07 Å². The van der Waals surface area contributed by atoms with Crippen LogP contribution in [0.1, 0.15) is 19.3 Å². The highest BCUT2D eigenvalue weighted by atomic mass is 32.2. The molecule has 6 nitrogen and oxygen atoms in total. The highest BCUT2D eigenvalue weighted by Gasteiger charge is 2.22. The van der Waals surface area contributed by atoms with E-state index in [1.54, 1.807) is 42.7 Å². The molecule has 2 heterocycles. The van der Waals surface area contributed by atoms with Crippen LogP contribution in [0.4, 0.5) is 10.1 Å². The van der Waals surface area contributed by atoms with Crippen LogP contribution in [0.5, 0.6) is 0 Å². The Morgan fingerprint density at radius 2 is 1.84 bits per heavy atom. The average molecular weight is 457 g/mol. The lowest BCUT2D eigenvalue weighted by atomic mass is 9.97. The largest absolute Gasteiger partial charge is 0.385 e. The number of pyridine rings is 1. The summed E-state index contributed by atoms with van der Waals surface area (Å²) in [6.07, 6.45) is 6.26. The van der Waals surface area contributed by atoms with Gasteiger partial charge in [-0.25, -0.2) is 17.5 Å². The Morgan fingerprint density at radius 1 is 1.06 bits per heavy atom. The number of rotatable bonds is 9. The fraction of sp³-hybridized carbons (Fsp3) is 0.375. The van der Waals surface area contributed by atoms with Crippen molar-refractivity contribution in [2.75, 3.05) is 38.0 Å². The number of nitrogens with zero attached hydrogens (tertiary/aromatic N) is 2. The van der Waals surface area contributed by atoms with Crippen LogP contribution in [-0.4, -0.2) is 51.0 Å². The minimum atomic E-state index is -3.57. The third-order valence-electron chi connectivity index (χ3n) is 6.02. The summed E-state index contributed by atoms with van der Waals surface area (Å²) in [6, 6.07) is 13.4. The van der Waals surface area contributed by atoms with E-state index >= 15 is 0 Å². The van der Waals surface area contributed by atoms with Gasteiger partial charge in [-0.2, -0.15) is 0 Å². The molecular weight excluding hydrogens is 427 g/mol. The van der Waals surface area contributed by atoms with Crippen molar-refractivity contribution in [3.05, 3.63) is 66.7 Å². The normalized spacial score (nSPS) is 15.8.